The Balaban J connectivity index is 0. The van der Waals surface area contributed by atoms with E-state index in [0.29, 0.717) is 0 Å². The van der Waals surface area contributed by atoms with Crippen molar-refractivity contribution in [2.24, 2.45) is 0 Å². The van der Waals surface area contributed by atoms with E-state index in [1.54, 1.807) is 6.92 Å². The monoisotopic (exact) mass is 180 g/mol. The summed E-state index contributed by atoms with van der Waals surface area (Å²) in [5.74, 6) is 0. The molecule has 0 aliphatic heterocycles. The molecule has 7 heavy (non-hydrogen) atoms. The van der Waals surface area contributed by atoms with Crippen LogP contribution in [-0.4, -0.2) is 11.7 Å². The first-order valence-electron chi connectivity index (χ1n) is 1.54. The Hall–Kier alpha value is 0.304. The topological polar surface area (TPSA) is 52.4 Å². The fraction of sp³-hybridized carbons (Fsp3) is 1.00. The molecule has 36 valence electrons. The van der Waals surface area contributed by atoms with E-state index in [9.17, 15) is 10.1 Å². The molecule has 5 heteroatoms. The average molecular weight is 180 g/mol. The minimum atomic E-state index is -0.819. The molecule has 0 N–H and O–H groups in total. The summed E-state index contributed by atoms with van der Waals surface area (Å²) in [4.78, 5) is 12.9. The number of hydrogen-bond acceptors (Lipinski definition) is 3. The Morgan fingerprint density at radius 2 is 2.29 bits per heavy atom. The van der Waals surface area contributed by atoms with Crippen LogP contribution in [0.25, 0.3) is 0 Å². The van der Waals surface area contributed by atoms with E-state index in [2.05, 4.69) is 4.84 Å². The molecule has 0 aliphatic carbocycles. The Bertz CT molecular complexity index is 56.9. The zero-order chi connectivity index (χ0) is 4.99. The smallest absolute Gasteiger partial charge is 0.314 e. The molecule has 0 saturated carbocycles. The SMILES string of the molecule is CCO[N+](=O)[O-].[Y+3]. The molecule has 0 aliphatic rings. The van der Waals surface area contributed by atoms with Crippen LogP contribution >= 0.6 is 0 Å². The predicted molar refractivity (Wildman–Crippen MR) is 18.6 cm³/mol. The Labute approximate surface area is 66.2 Å². The molecule has 0 bridgehead atoms. The van der Waals surface area contributed by atoms with Gasteiger partial charge >= 0.3 is 32.7 Å². The third kappa shape index (κ3) is 10.7. The van der Waals surface area contributed by atoms with Crippen LogP contribution in [-0.2, 0) is 37.5 Å². The molecule has 0 spiro atoms. The molecule has 0 radical (unpaired) electrons. The van der Waals surface area contributed by atoms with Gasteiger partial charge < -0.3 is 4.84 Å². The van der Waals surface area contributed by atoms with E-state index in [-0.39, 0.29) is 39.3 Å². The van der Waals surface area contributed by atoms with E-state index >= 15 is 0 Å². The van der Waals surface area contributed by atoms with Crippen LogP contribution in [0.1, 0.15) is 6.92 Å². The van der Waals surface area contributed by atoms with E-state index < -0.39 is 5.09 Å². The Kier molecular flexibility index (Phi) is 9.29. The van der Waals surface area contributed by atoms with Crippen molar-refractivity contribution in [3.63, 3.8) is 0 Å². The molecule has 0 aromatic rings. The molecule has 0 fully saturated rings. The van der Waals surface area contributed by atoms with Crippen molar-refractivity contribution in [2.75, 3.05) is 6.61 Å². The summed E-state index contributed by atoms with van der Waals surface area (Å²) in [6, 6.07) is 0. The first-order valence-corrected chi connectivity index (χ1v) is 1.54. The first kappa shape index (κ1) is 10.3. The van der Waals surface area contributed by atoms with Crippen LogP contribution in [0.15, 0.2) is 0 Å². The van der Waals surface area contributed by atoms with Crippen molar-refractivity contribution >= 4 is 0 Å². The third-order valence-corrected chi connectivity index (χ3v) is 0.235. The van der Waals surface area contributed by atoms with Gasteiger partial charge in [-0.25, -0.2) is 0 Å². The van der Waals surface area contributed by atoms with E-state index in [0.717, 1.165) is 0 Å². The van der Waals surface area contributed by atoms with Gasteiger partial charge in [0.25, 0.3) is 5.09 Å². The van der Waals surface area contributed by atoms with Gasteiger partial charge in [0.05, 0.1) is 6.61 Å². The zero-order valence-electron chi connectivity index (χ0n) is 3.96. The summed E-state index contributed by atoms with van der Waals surface area (Å²) >= 11 is 0. The summed E-state index contributed by atoms with van der Waals surface area (Å²) in [6.07, 6.45) is 0. The zero-order valence-corrected chi connectivity index (χ0v) is 6.79. The van der Waals surface area contributed by atoms with Crippen molar-refractivity contribution in [3.8, 4) is 0 Å². The summed E-state index contributed by atoms with van der Waals surface area (Å²) in [5.41, 5.74) is 0. The molecule has 0 saturated heterocycles. The maximum atomic E-state index is 9.18. The van der Waals surface area contributed by atoms with Gasteiger partial charge in [-0.05, 0) is 6.92 Å². The van der Waals surface area contributed by atoms with Crippen molar-refractivity contribution in [2.45, 2.75) is 6.92 Å². The molecule has 4 nitrogen and oxygen atoms in total. The van der Waals surface area contributed by atoms with Crippen molar-refractivity contribution in [1.29, 1.82) is 0 Å². The van der Waals surface area contributed by atoms with Crippen LogP contribution in [0, 0.1) is 10.1 Å². The van der Waals surface area contributed by atoms with Crippen LogP contribution in [0.2, 0.25) is 0 Å². The van der Waals surface area contributed by atoms with Crippen LogP contribution < -0.4 is 0 Å². The second-order valence-electron chi connectivity index (χ2n) is 0.641. The third-order valence-electron chi connectivity index (χ3n) is 0.235. The van der Waals surface area contributed by atoms with E-state index in [1.807, 2.05) is 0 Å². The average Bonchev–Trinajstić information content (AvgIpc) is 1.35. The number of rotatable bonds is 2. The molecule has 0 amide bonds. The molecule has 0 unspecified atom stereocenters. The first-order chi connectivity index (χ1) is 2.77. The normalized spacial score (nSPS) is 6.43. The van der Waals surface area contributed by atoms with Gasteiger partial charge in [-0.3, -0.25) is 0 Å². The number of hydrogen-bond donors (Lipinski definition) is 0. The van der Waals surface area contributed by atoms with E-state index in [1.165, 1.54) is 0 Å². The summed E-state index contributed by atoms with van der Waals surface area (Å²) in [5, 5.41) is 8.36. The van der Waals surface area contributed by atoms with Gasteiger partial charge in [-0.1, -0.05) is 0 Å². The largest absolute Gasteiger partial charge is 3.00 e. The molecule has 0 heterocycles. The van der Waals surface area contributed by atoms with E-state index in [4.69, 9.17) is 0 Å². The van der Waals surface area contributed by atoms with Gasteiger partial charge in [-0.2, -0.15) is 0 Å². The number of nitrogens with zero attached hydrogens (tertiary/aromatic N) is 1. The van der Waals surface area contributed by atoms with Gasteiger partial charge in [0.15, 0.2) is 0 Å². The van der Waals surface area contributed by atoms with Gasteiger partial charge in [0.2, 0.25) is 0 Å². The minimum absolute atomic E-state index is 0. The fourth-order valence-corrected chi connectivity index (χ4v) is 0.105. The molecule has 0 aromatic heterocycles. The molecule has 0 rings (SSSR count). The summed E-state index contributed by atoms with van der Waals surface area (Å²) < 4.78 is 0. The quantitative estimate of drug-likeness (QED) is 0.450. The molecular weight excluding hydrogens is 175 g/mol. The van der Waals surface area contributed by atoms with Crippen molar-refractivity contribution in [3.05, 3.63) is 10.1 Å². The maximum Gasteiger partial charge on any atom is 3.00 e. The molecular formula is C2H5NO3Y+3. The Morgan fingerprint density at radius 3 is 2.29 bits per heavy atom. The van der Waals surface area contributed by atoms with Gasteiger partial charge in [0, 0.05) is 0 Å². The minimum Gasteiger partial charge on any atom is -0.314 e. The molecule has 0 atom stereocenters. The van der Waals surface area contributed by atoms with Gasteiger partial charge in [0.1, 0.15) is 0 Å². The predicted octanol–water partition coefficient (Wildman–Crippen LogP) is 0.212. The van der Waals surface area contributed by atoms with Crippen molar-refractivity contribution < 1.29 is 42.6 Å². The van der Waals surface area contributed by atoms with Gasteiger partial charge in [-0.15, -0.1) is 10.1 Å². The summed E-state index contributed by atoms with van der Waals surface area (Å²) in [7, 11) is 0. The maximum absolute atomic E-state index is 9.18. The van der Waals surface area contributed by atoms with Crippen LogP contribution in [0.4, 0.5) is 0 Å². The van der Waals surface area contributed by atoms with Crippen LogP contribution in [0.5, 0.6) is 0 Å². The standard InChI is InChI=1S/C2H5NO3.Y/c1-2-6-3(4)5;/h2H2,1H3;/q;+3. The van der Waals surface area contributed by atoms with Crippen molar-refractivity contribution in [1.82, 2.24) is 0 Å². The second kappa shape index (κ2) is 6.30. The second-order valence-corrected chi connectivity index (χ2v) is 0.641. The Morgan fingerprint density at radius 1 is 1.86 bits per heavy atom. The molecule has 0 aromatic carbocycles. The van der Waals surface area contributed by atoms with Crippen LogP contribution in [0.3, 0.4) is 0 Å². The fourth-order valence-electron chi connectivity index (χ4n) is 0.105. The summed E-state index contributed by atoms with van der Waals surface area (Å²) in [6.45, 7) is 1.69.